The van der Waals surface area contributed by atoms with E-state index in [2.05, 4.69) is 27.4 Å². The van der Waals surface area contributed by atoms with Crippen molar-refractivity contribution in [2.24, 2.45) is 0 Å². The molecule has 1 atom stereocenters. The van der Waals surface area contributed by atoms with Gasteiger partial charge in [-0.3, -0.25) is 4.90 Å². The van der Waals surface area contributed by atoms with Gasteiger partial charge in [0, 0.05) is 55.2 Å². The number of likely N-dealkylation sites (tertiary alicyclic amines) is 1. The normalized spacial score (nSPS) is 18.5. The molecule has 226 valence electrons. The van der Waals surface area contributed by atoms with Crippen molar-refractivity contribution in [2.75, 3.05) is 56.8 Å². The summed E-state index contributed by atoms with van der Waals surface area (Å²) < 4.78 is 76.5. The number of alkyl halides is 3. The molecule has 0 radical (unpaired) electrons. The first kappa shape index (κ1) is 30.1. The van der Waals surface area contributed by atoms with Crippen LogP contribution in [-0.4, -0.2) is 82.4 Å². The van der Waals surface area contributed by atoms with Gasteiger partial charge in [-0.2, -0.15) is 13.2 Å². The van der Waals surface area contributed by atoms with Crippen molar-refractivity contribution in [1.29, 1.82) is 0 Å². The van der Waals surface area contributed by atoms with Gasteiger partial charge >= 0.3 is 6.18 Å². The molecule has 1 aromatic heterocycles. The summed E-state index contributed by atoms with van der Waals surface area (Å²) in [5.74, 6) is 6.13. The summed E-state index contributed by atoms with van der Waals surface area (Å²) in [5.41, 5.74) is 2.04. The predicted molar refractivity (Wildman–Crippen MR) is 157 cm³/mol. The number of hydrogen-bond donors (Lipinski definition) is 2. The number of benzene rings is 2. The molecule has 0 aliphatic carbocycles. The maximum Gasteiger partial charge on any atom is 0.406 e. The third-order valence-electron chi connectivity index (χ3n) is 7.78. The van der Waals surface area contributed by atoms with Gasteiger partial charge in [0.1, 0.15) is 12.3 Å². The second kappa shape index (κ2) is 12.5. The van der Waals surface area contributed by atoms with Crippen molar-refractivity contribution >= 4 is 32.1 Å². The highest BCUT2D eigenvalue weighted by atomic mass is 32.2. The lowest BCUT2D eigenvalue weighted by molar-refractivity contribution is -0.140. The number of aromatic nitrogens is 1. The summed E-state index contributed by atoms with van der Waals surface area (Å²) in [7, 11) is -1.98. The van der Waals surface area contributed by atoms with Crippen LogP contribution in [0.25, 0.3) is 10.9 Å². The van der Waals surface area contributed by atoms with Crippen LogP contribution in [0.5, 0.6) is 5.75 Å². The van der Waals surface area contributed by atoms with Crippen molar-refractivity contribution in [3.63, 3.8) is 0 Å². The smallest absolute Gasteiger partial charge is 0.406 e. The summed E-state index contributed by atoms with van der Waals surface area (Å²) >= 11 is 0. The van der Waals surface area contributed by atoms with Crippen LogP contribution in [-0.2, 0) is 21.1 Å². The molecule has 8 nitrogen and oxygen atoms in total. The SMILES string of the molecule is COc1cc(S(C)(=O)=O)ccc1NCC#Cc1cc2c(NC3CCN([C@@H]4CCOC4)CC3)cccc2n1CC(F)(F)F. The van der Waals surface area contributed by atoms with Crippen LogP contribution in [0.1, 0.15) is 25.0 Å². The fraction of sp³-hybridized carbons (Fsp3) is 0.467. The summed E-state index contributed by atoms with van der Waals surface area (Å²) in [4.78, 5) is 2.59. The van der Waals surface area contributed by atoms with Gasteiger partial charge in [-0.1, -0.05) is 12.0 Å². The Morgan fingerprint density at radius 1 is 1.10 bits per heavy atom. The van der Waals surface area contributed by atoms with Gasteiger partial charge in [0.15, 0.2) is 9.84 Å². The number of halogens is 3. The molecule has 42 heavy (non-hydrogen) atoms. The Labute approximate surface area is 244 Å². The quantitative estimate of drug-likeness (QED) is 0.360. The van der Waals surface area contributed by atoms with Gasteiger partial charge in [-0.05, 0) is 55.5 Å². The van der Waals surface area contributed by atoms with Gasteiger partial charge in [-0.25, -0.2) is 8.42 Å². The standard InChI is InChI=1S/C30H35F3N4O4S/c1-40-29-18-24(42(2,38)39)8-9-27(29)34-13-4-5-22-17-25-26(6-3-7-28(25)37(22)20-30(31,32)33)35-21-10-14-36(15-11-21)23-12-16-41-19-23/h3,6-9,17-18,21,23,34-35H,10-16,19-20H2,1-2H3/t23-/m1/s1. The van der Waals surface area contributed by atoms with E-state index in [1.165, 1.54) is 23.8 Å². The number of piperidine rings is 1. The number of anilines is 2. The first-order valence-corrected chi connectivity index (χ1v) is 15.8. The summed E-state index contributed by atoms with van der Waals surface area (Å²) in [5, 5.41) is 7.34. The summed E-state index contributed by atoms with van der Waals surface area (Å²) in [6.45, 7) is 2.47. The molecule has 0 spiro atoms. The number of sulfone groups is 1. The molecule has 2 saturated heterocycles. The molecule has 0 amide bonds. The van der Waals surface area contributed by atoms with Gasteiger partial charge in [-0.15, -0.1) is 0 Å². The minimum absolute atomic E-state index is 0.109. The number of fused-ring (bicyclic) bond motifs is 1. The number of nitrogens with zero attached hydrogens (tertiary/aromatic N) is 2. The highest BCUT2D eigenvalue weighted by Gasteiger charge is 2.31. The fourth-order valence-corrected chi connectivity index (χ4v) is 6.26. The minimum atomic E-state index is -4.42. The molecular formula is C30H35F3N4O4S. The average molecular weight is 605 g/mol. The summed E-state index contributed by atoms with van der Waals surface area (Å²) in [6, 6.07) is 12.2. The lowest BCUT2D eigenvalue weighted by Crippen LogP contribution is -2.44. The lowest BCUT2D eigenvalue weighted by Gasteiger charge is -2.36. The molecule has 2 aliphatic heterocycles. The third-order valence-corrected chi connectivity index (χ3v) is 8.89. The number of nitrogens with one attached hydrogen (secondary N) is 2. The zero-order chi connectivity index (χ0) is 29.9. The largest absolute Gasteiger partial charge is 0.495 e. The molecule has 2 N–H and O–H groups in total. The van der Waals surface area contributed by atoms with Crippen LogP contribution < -0.4 is 15.4 Å². The second-order valence-corrected chi connectivity index (χ2v) is 12.7. The monoisotopic (exact) mass is 604 g/mol. The highest BCUT2D eigenvalue weighted by molar-refractivity contribution is 7.90. The first-order valence-electron chi connectivity index (χ1n) is 13.9. The predicted octanol–water partition coefficient (Wildman–Crippen LogP) is 4.74. The van der Waals surface area contributed by atoms with Crippen molar-refractivity contribution < 1.29 is 31.1 Å². The van der Waals surface area contributed by atoms with Gasteiger partial charge < -0.3 is 24.7 Å². The number of rotatable bonds is 8. The van der Waals surface area contributed by atoms with Crippen molar-refractivity contribution in [2.45, 2.75) is 49.0 Å². The second-order valence-electron chi connectivity index (χ2n) is 10.7. The van der Waals surface area contributed by atoms with E-state index >= 15 is 0 Å². The molecule has 0 bridgehead atoms. The van der Waals surface area contributed by atoms with Crippen LogP contribution in [0.4, 0.5) is 24.5 Å². The van der Waals surface area contributed by atoms with E-state index in [0.717, 1.165) is 57.5 Å². The Morgan fingerprint density at radius 2 is 1.88 bits per heavy atom. The number of hydrogen-bond acceptors (Lipinski definition) is 7. The third kappa shape index (κ3) is 7.14. The Kier molecular flexibility index (Phi) is 8.92. The molecule has 3 aromatic rings. The minimum Gasteiger partial charge on any atom is -0.495 e. The van der Waals surface area contributed by atoms with Crippen molar-refractivity contribution in [3.8, 4) is 17.6 Å². The average Bonchev–Trinajstić information content (AvgIpc) is 3.60. The van der Waals surface area contributed by atoms with E-state index in [4.69, 9.17) is 9.47 Å². The molecule has 3 heterocycles. The number of ether oxygens (including phenoxy) is 2. The Bertz CT molecular complexity index is 1580. The molecular weight excluding hydrogens is 569 g/mol. The molecule has 2 aromatic carbocycles. The molecule has 2 aliphatic rings. The Hall–Kier alpha value is -3.40. The zero-order valence-electron chi connectivity index (χ0n) is 23.6. The van der Waals surface area contributed by atoms with Gasteiger partial charge in [0.2, 0.25) is 0 Å². The molecule has 5 rings (SSSR count). The van der Waals surface area contributed by atoms with Crippen LogP contribution in [0, 0.1) is 11.8 Å². The maximum atomic E-state index is 13.6. The van der Waals surface area contributed by atoms with Crippen LogP contribution in [0.15, 0.2) is 47.4 Å². The van der Waals surface area contributed by atoms with E-state index in [1.807, 2.05) is 6.07 Å². The zero-order valence-corrected chi connectivity index (χ0v) is 24.4. The van der Waals surface area contributed by atoms with E-state index < -0.39 is 22.6 Å². The first-order chi connectivity index (χ1) is 20.0. The van der Waals surface area contributed by atoms with Crippen LogP contribution >= 0.6 is 0 Å². The lowest BCUT2D eigenvalue weighted by atomic mass is 10.0. The molecule has 0 unspecified atom stereocenters. The van der Waals surface area contributed by atoms with Crippen molar-refractivity contribution in [3.05, 3.63) is 48.2 Å². The fourth-order valence-electron chi connectivity index (χ4n) is 5.62. The molecule has 2 fully saturated rings. The maximum absolute atomic E-state index is 13.6. The summed E-state index contributed by atoms with van der Waals surface area (Å²) in [6.07, 6.45) is -0.356. The van der Waals surface area contributed by atoms with E-state index in [0.29, 0.717) is 28.4 Å². The van der Waals surface area contributed by atoms with E-state index in [9.17, 15) is 21.6 Å². The van der Waals surface area contributed by atoms with Crippen LogP contribution in [0.3, 0.4) is 0 Å². The van der Waals surface area contributed by atoms with Crippen LogP contribution in [0.2, 0.25) is 0 Å². The number of methoxy groups -OCH3 is 1. The van der Waals surface area contributed by atoms with Crippen molar-refractivity contribution in [1.82, 2.24) is 9.47 Å². The highest BCUT2D eigenvalue weighted by Crippen LogP contribution is 2.32. The van der Waals surface area contributed by atoms with Gasteiger partial charge in [0.05, 0.1) is 42.1 Å². The Morgan fingerprint density at radius 3 is 2.55 bits per heavy atom. The van der Waals surface area contributed by atoms with E-state index in [-0.39, 0.29) is 23.2 Å². The Balaban J connectivity index is 1.34. The topological polar surface area (TPSA) is 84.8 Å². The van der Waals surface area contributed by atoms with E-state index in [1.54, 1.807) is 24.3 Å². The molecule has 0 saturated carbocycles. The molecule has 12 heteroatoms. The van der Waals surface area contributed by atoms with Gasteiger partial charge in [0.25, 0.3) is 0 Å².